The fourth-order valence-electron chi connectivity index (χ4n) is 4.02. The van der Waals surface area contributed by atoms with Crippen LogP contribution in [-0.4, -0.2) is 13.0 Å². The second-order valence-corrected chi connectivity index (χ2v) is 7.50. The van der Waals surface area contributed by atoms with E-state index in [1.54, 1.807) is 31.4 Å². The Morgan fingerprint density at radius 1 is 0.968 bits per heavy atom. The van der Waals surface area contributed by atoms with Crippen molar-refractivity contribution >= 4 is 22.6 Å². The van der Waals surface area contributed by atoms with Crippen LogP contribution >= 0.6 is 0 Å². The lowest BCUT2D eigenvalue weighted by Gasteiger charge is -2.25. The van der Waals surface area contributed by atoms with Gasteiger partial charge in [0.15, 0.2) is 5.43 Å². The summed E-state index contributed by atoms with van der Waals surface area (Å²) in [5.41, 5.74) is 2.39. The predicted octanol–water partition coefficient (Wildman–Crippen LogP) is 5.00. The van der Waals surface area contributed by atoms with Gasteiger partial charge >= 0.3 is 0 Å². The van der Waals surface area contributed by atoms with Crippen molar-refractivity contribution in [2.45, 2.75) is 13.0 Å². The summed E-state index contributed by atoms with van der Waals surface area (Å²) >= 11 is 0. The number of aryl methyl sites for hydroxylation is 1. The maximum Gasteiger partial charge on any atom is 0.295 e. The van der Waals surface area contributed by atoms with E-state index in [2.05, 4.69) is 0 Å². The van der Waals surface area contributed by atoms with Crippen molar-refractivity contribution < 1.29 is 18.3 Å². The maximum atomic E-state index is 13.9. The fourth-order valence-corrected chi connectivity index (χ4v) is 4.02. The molecule has 1 amide bonds. The number of carbonyl (C=O) groups excluding carboxylic acids is 1. The highest BCUT2D eigenvalue weighted by molar-refractivity contribution is 6.10. The molecule has 5 nitrogen and oxygen atoms in total. The first-order valence-corrected chi connectivity index (χ1v) is 9.78. The van der Waals surface area contributed by atoms with Gasteiger partial charge < -0.3 is 9.15 Å². The molecule has 0 N–H and O–H groups in total. The molecule has 1 aliphatic rings. The lowest BCUT2D eigenvalue weighted by atomic mass is 9.97. The number of benzene rings is 3. The summed E-state index contributed by atoms with van der Waals surface area (Å²) in [5, 5.41) is 0.111. The Labute approximate surface area is 177 Å². The first-order valence-electron chi connectivity index (χ1n) is 9.78. The van der Waals surface area contributed by atoms with Crippen LogP contribution in [0.1, 0.15) is 33.3 Å². The smallest absolute Gasteiger partial charge is 0.295 e. The molecule has 1 atom stereocenters. The Morgan fingerprint density at radius 3 is 2.35 bits per heavy atom. The number of fused-ring (bicyclic) bond motifs is 2. The van der Waals surface area contributed by atoms with Crippen molar-refractivity contribution in [2.24, 2.45) is 0 Å². The Balaban J connectivity index is 1.78. The molecular formula is C25H18FNO4. The van der Waals surface area contributed by atoms with Crippen LogP contribution in [0.15, 0.2) is 75.9 Å². The van der Waals surface area contributed by atoms with Gasteiger partial charge in [0, 0.05) is 5.69 Å². The van der Waals surface area contributed by atoms with Crippen LogP contribution in [0.3, 0.4) is 0 Å². The molecule has 3 aromatic carbocycles. The van der Waals surface area contributed by atoms with E-state index >= 15 is 0 Å². The van der Waals surface area contributed by atoms with Gasteiger partial charge in [-0.25, -0.2) is 4.39 Å². The summed E-state index contributed by atoms with van der Waals surface area (Å²) in [7, 11) is 1.56. The van der Waals surface area contributed by atoms with E-state index in [0.29, 0.717) is 11.4 Å². The van der Waals surface area contributed by atoms with Gasteiger partial charge in [-0.15, -0.1) is 0 Å². The number of ether oxygens (including phenoxy) is 1. The molecule has 5 rings (SSSR count). The topological polar surface area (TPSA) is 59.8 Å². The lowest BCUT2D eigenvalue weighted by Crippen LogP contribution is -2.29. The largest absolute Gasteiger partial charge is 0.497 e. The zero-order valence-electron chi connectivity index (χ0n) is 16.9. The van der Waals surface area contributed by atoms with E-state index in [1.165, 1.54) is 17.0 Å². The van der Waals surface area contributed by atoms with Gasteiger partial charge in [0.05, 0.1) is 24.1 Å². The fraction of sp³-hybridized carbons (Fsp3) is 0.120. The monoisotopic (exact) mass is 415 g/mol. The van der Waals surface area contributed by atoms with Crippen molar-refractivity contribution in [3.05, 3.63) is 105 Å². The van der Waals surface area contributed by atoms with Crippen molar-refractivity contribution in [3.8, 4) is 5.75 Å². The minimum absolute atomic E-state index is 0.0227. The van der Waals surface area contributed by atoms with Crippen molar-refractivity contribution in [1.29, 1.82) is 0 Å². The van der Waals surface area contributed by atoms with Crippen molar-refractivity contribution in [1.82, 2.24) is 0 Å². The van der Waals surface area contributed by atoms with Crippen molar-refractivity contribution in [3.63, 3.8) is 0 Å². The highest BCUT2D eigenvalue weighted by Crippen LogP contribution is 2.41. The van der Waals surface area contributed by atoms with E-state index in [1.807, 2.05) is 31.2 Å². The standard InChI is InChI=1S/C25H18FNO4/c1-14-3-5-15(6-4-14)22-21-23(28)19-13-16(26)7-12-20(19)31-24(21)25(29)27(22)17-8-10-18(30-2)11-9-17/h3-13,22H,1-2H3. The minimum Gasteiger partial charge on any atom is -0.497 e. The highest BCUT2D eigenvalue weighted by atomic mass is 19.1. The van der Waals surface area contributed by atoms with Gasteiger partial charge in [-0.2, -0.15) is 0 Å². The van der Waals surface area contributed by atoms with Gasteiger partial charge in [0.1, 0.15) is 17.1 Å². The first kappa shape index (κ1) is 19.1. The van der Waals surface area contributed by atoms with Crippen LogP contribution in [0, 0.1) is 12.7 Å². The summed E-state index contributed by atoms with van der Waals surface area (Å²) in [4.78, 5) is 28.4. The third kappa shape index (κ3) is 2.99. The second-order valence-electron chi connectivity index (χ2n) is 7.50. The van der Waals surface area contributed by atoms with Gasteiger partial charge in [-0.3, -0.25) is 14.5 Å². The molecule has 0 saturated carbocycles. The van der Waals surface area contributed by atoms with Crippen LogP contribution < -0.4 is 15.1 Å². The third-order valence-electron chi connectivity index (χ3n) is 5.58. The summed E-state index contributed by atoms with van der Waals surface area (Å²) < 4.78 is 24.9. The molecule has 0 bridgehead atoms. The summed E-state index contributed by atoms with van der Waals surface area (Å²) in [6, 6.07) is 17.7. The maximum absolute atomic E-state index is 13.9. The van der Waals surface area contributed by atoms with Crippen LogP contribution in [0.5, 0.6) is 5.75 Å². The zero-order valence-corrected chi connectivity index (χ0v) is 16.9. The average Bonchev–Trinajstić information content (AvgIpc) is 3.07. The molecule has 0 saturated heterocycles. The molecular weight excluding hydrogens is 397 g/mol. The molecule has 4 aromatic rings. The normalized spacial score (nSPS) is 15.4. The number of hydrogen-bond acceptors (Lipinski definition) is 4. The van der Waals surface area contributed by atoms with Gasteiger partial charge in [0.2, 0.25) is 5.76 Å². The molecule has 154 valence electrons. The van der Waals surface area contributed by atoms with E-state index in [0.717, 1.165) is 17.2 Å². The Hall–Kier alpha value is -3.93. The Morgan fingerprint density at radius 2 is 1.68 bits per heavy atom. The number of halogens is 1. The zero-order chi connectivity index (χ0) is 21.7. The third-order valence-corrected chi connectivity index (χ3v) is 5.58. The number of methoxy groups -OCH3 is 1. The molecule has 6 heteroatoms. The summed E-state index contributed by atoms with van der Waals surface area (Å²) in [6.07, 6.45) is 0. The highest BCUT2D eigenvalue weighted by Gasteiger charge is 2.43. The Kier molecular flexibility index (Phi) is 4.36. The molecule has 0 spiro atoms. The van der Waals surface area contributed by atoms with Crippen LogP contribution in [-0.2, 0) is 0 Å². The minimum atomic E-state index is -0.694. The Bertz CT molecular complexity index is 1370. The van der Waals surface area contributed by atoms with Gasteiger partial charge in [-0.1, -0.05) is 29.8 Å². The molecule has 2 heterocycles. The first-order chi connectivity index (χ1) is 15.0. The molecule has 1 aliphatic heterocycles. The number of carbonyl (C=O) groups is 1. The second kappa shape index (κ2) is 7.09. The predicted molar refractivity (Wildman–Crippen MR) is 115 cm³/mol. The molecule has 0 fully saturated rings. The van der Waals surface area contributed by atoms with E-state index < -0.39 is 23.2 Å². The SMILES string of the molecule is COc1ccc(N2C(=O)c3oc4ccc(F)cc4c(=O)c3C2c2ccc(C)cc2)cc1. The van der Waals surface area contributed by atoms with Crippen molar-refractivity contribution in [2.75, 3.05) is 12.0 Å². The van der Waals surface area contributed by atoms with E-state index in [9.17, 15) is 14.0 Å². The van der Waals surface area contributed by atoms with E-state index in [4.69, 9.17) is 9.15 Å². The molecule has 31 heavy (non-hydrogen) atoms. The molecule has 1 unspecified atom stereocenters. The quantitative estimate of drug-likeness (QED) is 0.473. The molecule has 0 radical (unpaired) electrons. The molecule has 1 aromatic heterocycles. The van der Waals surface area contributed by atoms with Crippen LogP contribution in [0.25, 0.3) is 11.0 Å². The summed E-state index contributed by atoms with van der Waals surface area (Å²) in [5.74, 6) is -0.335. The summed E-state index contributed by atoms with van der Waals surface area (Å²) in [6.45, 7) is 1.96. The molecule has 0 aliphatic carbocycles. The lowest BCUT2D eigenvalue weighted by molar-refractivity contribution is 0.0971. The van der Waals surface area contributed by atoms with Crippen LogP contribution in [0.4, 0.5) is 10.1 Å². The number of amides is 1. The average molecular weight is 415 g/mol. The van der Waals surface area contributed by atoms with Crippen LogP contribution in [0.2, 0.25) is 0 Å². The van der Waals surface area contributed by atoms with E-state index in [-0.39, 0.29) is 22.3 Å². The number of anilines is 1. The van der Waals surface area contributed by atoms with Gasteiger partial charge in [-0.05, 0) is 55.0 Å². The van der Waals surface area contributed by atoms with Gasteiger partial charge in [0.25, 0.3) is 5.91 Å². The number of nitrogens with zero attached hydrogens (tertiary/aromatic N) is 1. The number of rotatable bonds is 3. The number of hydrogen-bond donors (Lipinski definition) is 0.